The van der Waals surface area contributed by atoms with Gasteiger partial charge >= 0.3 is 0 Å². The van der Waals surface area contributed by atoms with E-state index in [9.17, 15) is 0 Å². The van der Waals surface area contributed by atoms with Crippen molar-refractivity contribution in [2.24, 2.45) is 5.92 Å². The standard InChI is InChI=1S/C17H26N4OS/c1-3-21(8-9-22)7-6-14-19-16(18)15-12-5-4-11(2)10-13(12)23-17(15)20-14/h11,22H,3-10H2,1-2H3,(H2,18,19,20). The van der Waals surface area contributed by atoms with Gasteiger partial charge in [0.15, 0.2) is 0 Å². The smallest absolute Gasteiger partial charge is 0.136 e. The van der Waals surface area contributed by atoms with Crippen molar-refractivity contribution in [2.75, 3.05) is 32.0 Å². The normalized spacial score (nSPS) is 17.8. The molecule has 5 nitrogen and oxygen atoms in total. The van der Waals surface area contributed by atoms with Crippen molar-refractivity contribution in [3.8, 4) is 0 Å². The molecule has 23 heavy (non-hydrogen) atoms. The van der Waals surface area contributed by atoms with Gasteiger partial charge in [0.1, 0.15) is 16.5 Å². The van der Waals surface area contributed by atoms with Crippen LogP contribution in [0.4, 0.5) is 5.82 Å². The number of aliphatic hydroxyl groups is 1. The Labute approximate surface area is 141 Å². The van der Waals surface area contributed by atoms with Crippen molar-refractivity contribution in [1.29, 1.82) is 0 Å². The van der Waals surface area contributed by atoms with Gasteiger partial charge < -0.3 is 15.7 Å². The zero-order valence-corrected chi connectivity index (χ0v) is 14.8. The van der Waals surface area contributed by atoms with E-state index in [-0.39, 0.29) is 6.61 Å². The lowest BCUT2D eigenvalue weighted by Gasteiger charge is -2.18. The largest absolute Gasteiger partial charge is 0.395 e. The van der Waals surface area contributed by atoms with E-state index in [1.54, 1.807) is 11.3 Å². The molecule has 0 fully saturated rings. The number of aromatic nitrogens is 2. The molecular formula is C17H26N4OS. The fourth-order valence-corrected chi connectivity index (χ4v) is 4.77. The Morgan fingerprint density at radius 2 is 2.17 bits per heavy atom. The maximum absolute atomic E-state index is 9.07. The SMILES string of the molecule is CCN(CCO)CCc1nc(N)c2c3c(sc2n1)CC(C)CC3. The van der Waals surface area contributed by atoms with Crippen LogP contribution >= 0.6 is 11.3 Å². The van der Waals surface area contributed by atoms with Crippen LogP contribution in [0.25, 0.3) is 10.2 Å². The molecule has 2 aromatic rings. The van der Waals surface area contributed by atoms with Crippen molar-refractivity contribution in [3.63, 3.8) is 0 Å². The van der Waals surface area contributed by atoms with Crippen LogP contribution < -0.4 is 5.73 Å². The molecule has 0 aliphatic heterocycles. The second-order valence-electron chi connectivity index (χ2n) is 6.46. The summed E-state index contributed by atoms with van der Waals surface area (Å²) in [6.45, 7) is 7.07. The molecule has 6 heteroatoms. The highest BCUT2D eigenvalue weighted by atomic mass is 32.1. The summed E-state index contributed by atoms with van der Waals surface area (Å²) in [6, 6.07) is 0. The second kappa shape index (κ2) is 7.11. The van der Waals surface area contributed by atoms with Gasteiger partial charge in [-0.1, -0.05) is 13.8 Å². The van der Waals surface area contributed by atoms with Crippen molar-refractivity contribution >= 4 is 27.4 Å². The average molecular weight is 334 g/mol. The summed E-state index contributed by atoms with van der Waals surface area (Å²) in [6.07, 6.45) is 4.24. The van der Waals surface area contributed by atoms with Crippen LogP contribution in [0.15, 0.2) is 0 Å². The molecule has 1 aliphatic rings. The summed E-state index contributed by atoms with van der Waals surface area (Å²) in [5, 5.41) is 10.2. The summed E-state index contributed by atoms with van der Waals surface area (Å²) in [5.41, 5.74) is 7.65. The number of rotatable bonds is 6. The average Bonchev–Trinajstić information content (AvgIpc) is 2.88. The Bertz CT molecular complexity index is 685. The Kier molecular flexibility index (Phi) is 5.14. The Hall–Kier alpha value is -1.24. The molecule has 0 aromatic carbocycles. The number of nitrogens with two attached hydrogens (primary N) is 1. The quantitative estimate of drug-likeness (QED) is 0.847. The van der Waals surface area contributed by atoms with Crippen LogP contribution in [-0.2, 0) is 19.3 Å². The number of fused-ring (bicyclic) bond motifs is 3. The maximum atomic E-state index is 9.07. The minimum absolute atomic E-state index is 0.186. The number of nitrogens with zero attached hydrogens (tertiary/aromatic N) is 3. The Morgan fingerprint density at radius 3 is 2.91 bits per heavy atom. The van der Waals surface area contributed by atoms with E-state index in [0.29, 0.717) is 12.4 Å². The zero-order valence-electron chi connectivity index (χ0n) is 14.0. The highest BCUT2D eigenvalue weighted by Crippen LogP contribution is 2.39. The first-order chi connectivity index (χ1) is 11.1. The number of aliphatic hydroxyl groups excluding tert-OH is 1. The molecule has 126 valence electrons. The van der Waals surface area contributed by atoms with E-state index in [1.165, 1.54) is 16.9 Å². The van der Waals surface area contributed by atoms with Gasteiger partial charge in [-0.15, -0.1) is 11.3 Å². The van der Waals surface area contributed by atoms with E-state index in [2.05, 4.69) is 23.7 Å². The summed E-state index contributed by atoms with van der Waals surface area (Å²) >= 11 is 1.80. The summed E-state index contributed by atoms with van der Waals surface area (Å²) < 4.78 is 0. The van der Waals surface area contributed by atoms with E-state index < -0.39 is 0 Å². The Balaban J connectivity index is 1.84. The first kappa shape index (κ1) is 16.6. The molecule has 0 bridgehead atoms. The first-order valence-electron chi connectivity index (χ1n) is 8.52. The summed E-state index contributed by atoms with van der Waals surface area (Å²) in [5.74, 6) is 2.21. The van der Waals surface area contributed by atoms with E-state index in [1.807, 2.05) is 0 Å². The molecule has 0 radical (unpaired) electrons. The number of hydrogen-bond acceptors (Lipinski definition) is 6. The summed E-state index contributed by atoms with van der Waals surface area (Å²) in [7, 11) is 0. The number of nitrogen functional groups attached to an aromatic ring is 1. The third-order valence-corrected chi connectivity index (χ3v) is 5.89. The van der Waals surface area contributed by atoms with Crippen LogP contribution in [0.1, 0.15) is 36.5 Å². The van der Waals surface area contributed by atoms with Crippen molar-refractivity contribution in [3.05, 3.63) is 16.3 Å². The molecule has 0 saturated heterocycles. The lowest BCUT2D eigenvalue weighted by Crippen LogP contribution is -2.29. The molecule has 2 heterocycles. The van der Waals surface area contributed by atoms with Crippen molar-refractivity contribution in [1.82, 2.24) is 14.9 Å². The van der Waals surface area contributed by atoms with E-state index in [4.69, 9.17) is 15.8 Å². The molecule has 1 aliphatic carbocycles. The molecule has 2 aromatic heterocycles. The van der Waals surface area contributed by atoms with Gasteiger partial charge in [0, 0.05) is 24.4 Å². The maximum Gasteiger partial charge on any atom is 0.136 e. The predicted molar refractivity (Wildman–Crippen MR) is 95.9 cm³/mol. The number of thiophene rings is 1. The van der Waals surface area contributed by atoms with Gasteiger partial charge in [-0.2, -0.15) is 0 Å². The van der Waals surface area contributed by atoms with Gasteiger partial charge in [-0.05, 0) is 37.3 Å². The van der Waals surface area contributed by atoms with Crippen LogP contribution in [-0.4, -0.2) is 46.2 Å². The predicted octanol–water partition coefficient (Wildman–Crippen LogP) is 2.25. The lowest BCUT2D eigenvalue weighted by atomic mass is 9.89. The third-order valence-electron chi connectivity index (χ3n) is 4.74. The van der Waals surface area contributed by atoms with Crippen LogP contribution in [0.5, 0.6) is 0 Å². The van der Waals surface area contributed by atoms with Crippen molar-refractivity contribution in [2.45, 2.75) is 39.5 Å². The number of aryl methyl sites for hydroxylation is 1. The Morgan fingerprint density at radius 1 is 1.35 bits per heavy atom. The highest BCUT2D eigenvalue weighted by molar-refractivity contribution is 7.19. The van der Waals surface area contributed by atoms with Gasteiger partial charge in [-0.25, -0.2) is 9.97 Å². The van der Waals surface area contributed by atoms with Crippen LogP contribution in [0.2, 0.25) is 0 Å². The first-order valence-corrected chi connectivity index (χ1v) is 9.33. The van der Waals surface area contributed by atoms with E-state index >= 15 is 0 Å². The minimum atomic E-state index is 0.186. The van der Waals surface area contributed by atoms with Gasteiger partial charge in [0.2, 0.25) is 0 Å². The second-order valence-corrected chi connectivity index (χ2v) is 7.55. The van der Waals surface area contributed by atoms with Crippen LogP contribution in [0.3, 0.4) is 0 Å². The molecule has 0 amide bonds. The molecule has 1 unspecified atom stereocenters. The number of anilines is 1. The topological polar surface area (TPSA) is 75.3 Å². The minimum Gasteiger partial charge on any atom is -0.395 e. The van der Waals surface area contributed by atoms with Crippen LogP contribution in [0, 0.1) is 5.92 Å². The molecule has 0 saturated carbocycles. The fourth-order valence-electron chi connectivity index (χ4n) is 3.36. The summed E-state index contributed by atoms with van der Waals surface area (Å²) in [4.78, 5) is 14.0. The third kappa shape index (κ3) is 3.49. The molecule has 1 atom stereocenters. The van der Waals surface area contributed by atoms with Gasteiger partial charge in [0.25, 0.3) is 0 Å². The monoisotopic (exact) mass is 334 g/mol. The molecular weight excluding hydrogens is 308 g/mol. The molecule has 3 rings (SSSR count). The number of hydrogen-bond donors (Lipinski definition) is 2. The van der Waals surface area contributed by atoms with Crippen molar-refractivity contribution < 1.29 is 5.11 Å². The molecule has 3 N–H and O–H groups in total. The number of likely N-dealkylation sites (N-methyl/N-ethyl adjacent to an activating group) is 1. The lowest BCUT2D eigenvalue weighted by molar-refractivity contribution is 0.203. The zero-order chi connectivity index (χ0) is 16.4. The van der Waals surface area contributed by atoms with E-state index in [0.717, 1.165) is 54.3 Å². The van der Waals surface area contributed by atoms with Gasteiger partial charge in [-0.3, -0.25) is 0 Å². The molecule has 0 spiro atoms. The highest BCUT2D eigenvalue weighted by Gasteiger charge is 2.23. The van der Waals surface area contributed by atoms with Gasteiger partial charge in [0.05, 0.1) is 12.0 Å². The fraction of sp³-hybridized carbons (Fsp3) is 0.647.